The number of rotatable bonds is 5. The van der Waals surface area contributed by atoms with Crippen molar-refractivity contribution in [3.63, 3.8) is 0 Å². The summed E-state index contributed by atoms with van der Waals surface area (Å²) in [5, 5.41) is 0. The van der Waals surface area contributed by atoms with Crippen LogP contribution in [0.1, 0.15) is 45.7 Å². The summed E-state index contributed by atoms with van der Waals surface area (Å²) < 4.78 is 38.5. The first kappa shape index (κ1) is 21.1. The molecule has 1 aromatic heterocycles. The van der Waals surface area contributed by atoms with Crippen LogP contribution in [0.2, 0.25) is 0 Å². The van der Waals surface area contributed by atoms with E-state index in [9.17, 15) is 22.8 Å². The molecule has 0 saturated carbocycles. The summed E-state index contributed by atoms with van der Waals surface area (Å²) in [6.07, 6.45) is -2.22. The predicted octanol–water partition coefficient (Wildman–Crippen LogP) is 2.93. The fraction of sp³-hybridized carbons (Fsp3) is 0.667. The number of amides is 1. The molecule has 0 spiro atoms. The van der Waals surface area contributed by atoms with Crippen molar-refractivity contribution in [3.8, 4) is 0 Å². The number of hydrogen-bond acceptors (Lipinski definition) is 5. The summed E-state index contributed by atoms with van der Waals surface area (Å²) in [6.45, 7) is 7.01. The van der Waals surface area contributed by atoms with Gasteiger partial charge in [0.15, 0.2) is 0 Å². The van der Waals surface area contributed by atoms with Crippen molar-refractivity contribution >= 4 is 17.6 Å². The Morgan fingerprint density at radius 2 is 1.81 bits per heavy atom. The van der Waals surface area contributed by atoms with Crippen LogP contribution in [-0.2, 0) is 15.8 Å². The van der Waals surface area contributed by atoms with Crippen LogP contribution in [0.25, 0.3) is 0 Å². The summed E-state index contributed by atoms with van der Waals surface area (Å²) in [4.78, 5) is 34.9. The second kappa shape index (κ2) is 8.22. The van der Waals surface area contributed by atoms with E-state index in [4.69, 9.17) is 0 Å². The highest BCUT2D eigenvalue weighted by molar-refractivity contribution is 5.80. The van der Waals surface area contributed by atoms with E-state index in [1.165, 1.54) is 6.92 Å². The number of nitrogens with zero attached hydrogens (tertiary/aromatic N) is 4. The van der Waals surface area contributed by atoms with Crippen LogP contribution in [0.15, 0.2) is 12.3 Å². The predicted molar refractivity (Wildman–Crippen MR) is 94.1 cm³/mol. The topological polar surface area (TPSA) is 66.4 Å². The Kier molecular flexibility index (Phi) is 6.43. The third kappa shape index (κ3) is 6.18. The van der Waals surface area contributed by atoms with Gasteiger partial charge in [0, 0.05) is 45.2 Å². The Labute approximate surface area is 156 Å². The maximum atomic E-state index is 12.8. The lowest BCUT2D eigenvalue weighted by atomic mass is 9.83. The highest BCUT2D eigenvalue weighted by Gasteiger charge is 2.33. The largest absolute Gasteiger partial charge is 0.433 e. The van der Waals surface area contributed by atoms with E-state index in [1.807, 2.05) is 13.8 Å². The SMILES string of the molecule is CC(=O)CC(C)(C)CC(=O)N1CCCN(c2nccc(C(F)(F)F)n2)CC1. The van der Waals surface area contributed by atoms with Crippen LogP contribution in [0.4, 0.5) is 19.1 Å². The van der Waals surface area contributed by atoms with Crippen molar-refractivity contribution in [3.05, 3.63) is 18.0 Å². The van der Waals surface area contributed by atoms with Gasteiger partial charge in [-0.05, 0) is 24.8 Å². The Balaban J connectivity index is 2.01. The van der Waals surface area contributed by atoms with Crippen LogP contribution in [0, 0.1) is 5.41 Å². The Morgan fingerprint density at radius 1 is 1.11 bits per heavy atom. The molecule has 0 unspecified atom stereocenters. The molecule has 0 N–H and O–H groups in total. The second-order valence-electron chi connectivity index (χ2n) is 7.68. The molecule has 27 heavy (non-hydrogen) atoms. The Morgan fingerprint density at radius 3 is 2.44 bits per heavy atom. The zero-order valence-corrected chi connectivity index (χ0v) is 15.8. The van der Waals surface area contributed by atoms with Gasteiger partial charge in [0.25, 0.3) is 0 Å². The molecule has 1 fully saturated rings. The monoisotopic (exact) mass is 386 g/mol. The molecule has 1 aliphatic heterocycles. The second-order valence-corrected chi connectivity index (χ2v) is 7.68. The van der Waals surface area contributed by atoms with Gasteiger partial charge in [-0.15, -0.1) is 0 Å². The third-order valence-corrected chi connectivity index (χ3v) is 4.42. The number of aromatic nitrogens is 2. The molecular weight excluding hydrogens is 361 g/mol. The first-order chi connectivity index (χ1) is 12.5. The van der Waals surface area contributed by atoms with E-state index in [1.54, 1.807) is 9.80 Å². The highest BCUT2D eigenvalue weighted by atomic mass is 19.4. The minimum Gasteiger partial charge on any atom is -0.341 e. The van der Waals surface area contributed by atoms with E-state index in [0.29, 0.717) is 39.0 Å². The van der Waals surface area contributed by atoms with Gasteiger partial charge in [-0.3, -0.25) is 4.79 Å². The standard InChI is InChI=1S/C18H25F3N4O2/c1-13(26)11-17(2,3)12-15(27)24-7-4-8-25(10-9-24)16-22-6-5-14(23-16)18(19,20)21/h5-6H,4,7-12H2,1-3H3. The minimum absolute atomic E-state index is 0.0241. The molecule has 1 saturated heterocycles. The summed E-state index contributed by atoms with van der Waals surface area (Å²) in [5.41, 5.74) is -1.39. The summed E-state index contributed by atoms with van der Waals surface area (Å²) in [7, 11) is 0. The van der Waals surface area contributed by atoms with Crippen molar-refractivity contribution in [2.75, 3.05) is 31.1 Å². The number of carbonyl (C=O) groups excluding carboxylic acids is 2. The maximum Gasteiger partial charge on any atom is 0.433 e. The fourth-order valence-corrected chi connectivity index (χ4v) is 3.28. The molecule has 0 bridgehead atoms. The lowest BCUT2D eigenvalue weighted by molar-refractivity contribution is -0.141. The van der Waals surface area contributed by atoms with Gasteiger partial charge in [0.05, 0.1) is 0 Å². The zero-order valence-electron chi connectivity index (χ0n) is 15.8. The molecule has 1 aliphatic rings. The molecule has 150 valence electrons. The first-order valence-electron chi connectivity index (χ1n) is 8.90. The Hall–Kier alpha value is -2.19. The lowest BCUT2D eigenvalue weighted by Gasteiger charge is -2.28. The van der Waals surface area contributed by atoms with Crippen LogP contribution < -0.4 is 4.90 Å². The summed E-state index contributed by atoms with van der Waals surface area (Å²) in [5.74, 6) is 0.0145. The van der Waals surface area contributed by atoms with E-state index >= 15 is 0 Å². The molecule has 0 aliphatic carbocycles. The lowest BCUT2D eigenvalue weighted by Crippen LogP contribution is -2.38. The van der Waals surface area contributed by atoms with Gasteiger partial charge >= 0.3 is 6.18 Å². The number of alkyl halides is 3. The normalized spacial score (nSPS) is 16.2. The average molecular weight is 386 g/mol. The van der Waals surface area contributed by atoms with Gasteiger partial charge in [-0.2, -0.15) is 13.2 Å². The van der Waals surface area contributed by atoms with Crippen molar-refractivity contribution in [1.29, 1.82) is 0 Å². The van der Waals surface area contributed by atoms with Gasteiger partial charge in [0.2, 0.25) is 11.9 Å². The average Bonchev–Trinajstić information content (AvgIpc) is 2.78. The van der Waals surface area contributed by atoms with Crippen LogP contribution in [0.3, 0.4) is 0 Å². The molecule has 1 amide bonds. The summed E-state index contributed by atoms with van der Waals surface area (Å²) >= 11 is 0. The number of hydrogen-bond donors (Lipinski definition) is 0. The number of carbonyl (C=O) groups is 2. The molecule has 6 nitrogen and oxygen atoms in total. The van der Waals surface area contributed by atoms with Gasteiger partial charge in [-0.25, -0.2) is 9.97 Å². The number of ketones is 1. The zero-order chi connectivity index (χ0) is 20.2. The quantitative estimate of drug-likeness (QED) is 0.779. The fourth-order valence-electron chi connectivity index (χ4n) is 3.28. The number of Topliss-reactive ketones (excluding diaryl/α,β-unsaturated/α-hetero) is 1. The van der Waals surface area contributed by atoms with E-state index in [2.05, 4.69) is 9.97 Å². The third-order valence-electron chi connectivity index (χ3n) is 4.42. The van der Waals surface area contributed by atoms with Crippen molar-refractivity contribution in [1.82, 2.24) is 14.9 Å². The molecule has 1 aromatic rings. The smallest absolute Gasteiger partial charge is 0.341 e. The number of halogens is 3. The molecule has 9 heteroatoms. The van der Waals surface area contributed by atoms with Crippen LogP contribution in [0.5, 0.6) is 0 Å². The van der Waals surface area contributed by atoms with Gasteiger partial charge in [0.1, 0.15) is 11.5 Å². The molecule has 2 heterocycles. The van der Waals surface area contributed by atoms with Gasteiger partial charge in [-0.1, -0.05) is 13.8 Å². The van der Waals surface area contributed by atoms with Crippen molar-refractivity contribution in [2.45, 2.75) is 46.2 Å². The summed E-state index contributed by atoms with van der Waals surface area (Å²) in [6, 6.07) is 0.842. The van der Waals surface area contributed by atoms with Crippen LogP contribution in [-0.4, -0.2) is 52.7 Å². The molecule has 0 radical (unpaired) electrons. The number of anilines is 1. The van der Waals surface area contributed by atoms with Crippen molar-refractivity contribution < 1.29 is 22.8 Å². The van der Waals surface area contributed by atoms with Crippen molar-refractivity contribution in [2.24, 2.45) is 5.41 Å². The van der Waals surface area contributed by atoms with Gasteiger partial charge < -0.3 is 14.6 Å². The van der Waals surface area contributed by atoms with Crippen LogP contribution >= 0.6 is 0 Å². The van der Waals surface area contributed by atoms with E-state index < -0.39 is 17.3 Å². The first-order valence-corrected chi connectivity index (χ1v) is 8.90. The minimum atomic E-state index is -4.52. The highest BCUT2D eigenvalue weighted by Crippen LogP contribution is 2.29. The molecular formula is C18H25F3N4O2. The van der Waals surface area contributed by atoms with E-state index in [0.717, 1.165) is 12.3 Å². The Bertz CT molecular complexity index is 691. The molecule has 2 rings (SSSR count). The molecule has 0 aromatic carbocycles. The maximum absolute atomic E-state index is 12.8. The molecule has 0 atom stereocenters. The van der Waals surface area contributed by atoms with E-state index in [-0.39, 0.29) is 24.1 Å².